The van der Waals surface area contributed by atoms with Crippen molar-refractivity contribution in [3.8, 4) is 0 Å². The van der Waals surface area contributed by atoms with E-state index in [4.69, 9.17) is 5.73 Å². The predicted molar refractivity (Wildman–Crippen MR) is 116 cm³/mol. The van der Waals surface area contributed by atoms with Gasteiger partial charge < -0.3 is 10.8 Å². The Balaban J connectivity index is 2.56. The van der Waals surface area contributed by atoms with Gasteiger partial charge in [-0.3, -0.25) is 0 Å². The highest BCUT2D eigenvalue weighted by atomic mass is 16.3. The van der Waals surface area contributed by atoms with Crippen LogP contribution in [-0.4, -0.2) is 11.1 Å². The van der Waals surface area contributed by atoms with E-state index in [0.29, 0.717) is 0 Å². The Morgan fingerprint density at radius 1 is 0.630 bits per heavy atom. The summed E-state index contributed by atoms with van der Waals surface area (Å²) in [6, 6.07) is 16.1. The number of hydrogen-bond donors (Lipinski definition) is 2. The van der Waals surface area contributed by atoms with Gasteiger partial charge in [-0.05, 0) is 39.0 Å². The maximum Gasteiger partial charge on any atom is 0.130 e. The second-order valence-corrected chi connectivity index (χ2v) is 10.2. The Labute approximate surface area is 165 Å². The lowest BCUT2D eigenvalue weighted by atomic mass is 9.74. The zero-order valence-corrected chi connectivity index (χ0v) is 18.3. The van der Waals surface area contributed by atoms with Crippen LogP contribution < -0.4 is 5.73 Å². The standard InChI is InChI=1S/C25H37NO/c1-17(2)22(26)25(27,20-13-9-18(10-14-20)23(3,4)5)21-15-11-19(12-16-21)24(6,7)8/h9-17,22,27H,26H2,1-8H3/t22-/m0/s1. The van der Waals surface area contributed by atoms with Crippen LogP contribution >= 0.6 is 0 Å². The monoisotopic (exact) mass is 367 g/mol. The van der Waals surface area contributed by atoms with Gasteiger partial charge in [-0.2, -0.15) is 0 Å². The Morgan fingerprint density at radius 2 is 0.889 bits per heavy atom. The summed E-state index contributed by atoms with van der Waals surface area (Å²) in [6.07, 6.45) is 0. The molecule has 2 heteroatoms. The van der Waals surface area contributed by atoms with E-state index in [9.17, 15) is 5.11 Å². The first-order chi connectivity index (χ1) is 12.3. The Bertz CT molecular complexity index is 685. The summed E-state index contributed by atoms with van der Waals surface area (Å²) in [5, 5.41) is 11.9. The third-order valence-corrected chi connectivity index (χ3v) is 5.58. The Kier molecular flexibility index (Phi) is 5.94. The molecule has 0 unspecified atom stereocenters. The molecule has 27 heavy (non-hydrogen) atoms. The van der Waals surface area contributed by atoms with Crippen LogP contribution in [0.25, 0.3) is 0 Å². The van der Waals surface area contributed by atoms with Gasteiger partial charge in [-0.25, -0.2) is 0 Å². The summed E-state index contributed by atoms with van der Waals surface area (Å²) < 4.78 is 0. The fraction of sp³-hybridized carbons (Fsp3) is 0.520. The SMILES string of the molecule is CC(C)[C@H](N)C(O)(c1ccc(C(C)(C)C)cc1)c1ccc(C(C)(C)C)cc1. The minimum atomic E-state index is -1.22. The molecule has 0 aliphatic heterocycles. The van der Waals surface area contributed by atoms with Crippen LogP contribution in [0.5, 0.6) is 0 Å². The molecular weight excluding hydrogens is 330 g/mol. The molecule has 0 fully saturated rings. The van der Waals surface area contributed by atoms with Crippen molar-refractivity contribution in [2.45, 2.75) is 77.9 Å². The maximum atomic E-state index is 11.9. The maximum absolute atomic E-state index is 11.9. The third kappa shape index (κ3) is 4.44. The molecule has 0 spiro atoms. The highest BCUT2D eigenvalue weighted by Gasteiger charge is 2.40. The van der Waals surface area contributed by atoms with E-state index >= 15 is 0 Å². The molecule has 2 nitrogen and oxygen atoms in total. The van der Waals surface area contributed by atoms with Gasteiger partial charge in [0.1, 0.15) is 5.60 Å². The van der Waals surface area contributed by atoms with Gasteiger partial charge in [0.05, 0.1) is 0 Å². The van der Waals surface area contributed by atoms with Crippen LogP contribution in [-0.2, 0) is 16.4 Å². The van der Waals surface area contributed by atoms with Gasteiger partial charge in [-0.1, -0.05) is 104 Å². The van der Waals surface area contributed by atoms with E-state index in [2.05, 4.69) is 79.7 Å². The fourth-order valence-corrected chi connectivity index (χ4v) is 3.48. The molecule has 0 aromatic heterocycles. The van der Waals surface area contributed by atoms with Gasteiger partial charge in [0.25, 0.3) is 0 Å². The second kappa shape index (κ2) is 7.41. The molecule has 2 rings (SSSR count). The number of hydrogen-bond acceptors (Lipinski definition) is 2. The normalized spacial score (nSPS) is 14.5. The van der Waals surface area contributed by atoms with Crippen molar-refractivity contribution >= 4 is 0 Å². The molecule has 0 bridgehead atoms. The number of aliphatic hydroxyl groups is 1. The third-order valence-electron chi connectivity index (χ3n) is 5.58. The zero-order valence-electron chi connectivity index (χ0n) is 18.3. The largest absolute Gasteiger partial charge is 0.379 e. The summed E-state index contributed by atoms with van der Waals surface area (Å²) in [6.45, 7) is 17.3. The van der Waals surface area contributed by atoms with Crippen molar-refractivity contribution < 1.29 is 5.11 Å². The minimum Gasteiger partial charge on any atom is -0.379 e. The van der Waals surface area contributed by atoms with Crippen molar-refractivity contribution in [3.63, 3.8) is 0 Å². The van der Waals surface area contributed by atoms with Crippen LogP contribution in [0, 0.1) is 5.92 Å². The first-order valence-electron chi connectivity index (χ1n) is 9.98. The molecule has 0 saturated heterocycles. The quantitative estimate of drug-likeness (QED) is 0.749. The molecular formula is C25H37NO. The summed E-state index contributed by atoms with van der Waals surface area (Å²) in [7, 11) is 0. The van der Waals surface area contributed by atoms with Gasteiger partial charge in [-0.15, -0.1) is 0 Å². The van der Waals surface area contributed by atoms with E-state index in [0.717, 1.165) is 11.1 Å². The average molecular weight is 368 g/mol. The van der Waals surface area contributed by atoms with Crippen LogP contribution in [0.2, 0.25) is 0 Å². The van der Waals surface area contributed by atoms with Gasteiger partial charge in [0, 0.05) is 6.04 Å². The summed E-state index contributed by atoms with van der Waals surface area (Å²) in [5.74, 6) is 0.139. The summed E-state index contributed by atoms with van der Waals surface area (Å²) in [4.78, 5) is 0. The molecule has 0 aliphatic carbocycles. The summed E-state index contributed by atoms with van der Waals surface area (Å²) in [5.41, 5.74) is 9.67. The molecule has 0 aliphatic rings. The highest BCUT2D eigenvalue weighted by molar-refractivity contribution is 5.42. The summed E-state index contributed by atoms with van der Waals surface area (Å²) >= 11 is 0. The molecule has 1 atom stereocenters. The van der Waals surface area contributed by atoms with E-state index in [-0.39, 0.29) is 16.7 Å². The predicted octanol–water partition coefficient (Wildman–Crippen LogP) is 5.50. The molecule has 0 radical (unpaired) electrons. The topological polar surface area (TPSA) is 46.2 Å². The van der Waals surface area contributed by atoms with E-state index in [1.807, 2.05) is 24.3 Å². The number of benzene rings is 2. The highest BCUT2D eigenvalue weighted by Crippen LogP contribution is 2.37. The number of rotatable bonds is 4. The fourth-order valence-electron chi connectivity index (χ4n) is 3.48. The molecule has 148 valence electrons. The zero-order chi connectivity index (χ0) is 20.6. The molecule has 2 aromatic carbocycles. The van der Waals surface area contributed by atoms with Gasteiger partial charge in [0.2, 0.25) is 0 Å². The Hall–Kier alpha value is -1.64. The van der Waals surface area contributed by atoms with E-state index in [1.165, 1.54) is 11.1 Å². The van der Waals surface area contributed by atoms with Crippen LogP contribution in [0.15, 0.2) is 48.5 Å². The molecule has 3 N–H and O–H groups in total. The first-order valence-corrected chi connectivity index (χ1v) is 9.98. The van der Waals surface area contributed by atoms with Gasteiger partial charge in [0.15, 0.2) is 0 Å². The van der Waals surface area contributed by atoms with E-state index < -0.39 is 11.6 Å². The first kappa shape index (κ1) is 21.7. The van der Waals surface area contributed by atoms with Gasteiger partial charge >= 0.3 is 0 Å². The van der Waals surface area contributed by atoms with Crippen molar-refractivity contribution in [3.05, 3.63) is 70.8 Å². The van der Waals surface area contributed by atoms with Crippen molar-refractivity contribution in [2.75, 3.05) is 0 Å². The lowest BCUT2D eigenvalue weighted by Gasteiger charge is -2.38. The molecule has 0 heterocycles. The lowest BCUT2D eigenvalue weighted by molar-refractivity contribution is 0.0353. The smallest absolute Gasteiger partial charge is 0.130 e. The van der Waals surface area contributed by atoms with Crippen molar-refractivity contribution in [2.24, 2.45) is 11.7 Å². The molecule has 2 aromatic rings. The second-order valence-electron chi connectivity index (χ2n) is 10.2. The average Bonchev–Trinajstić information content (AvgIpc) is 2.59. The van der Waals surface area contributed by atoms with Crippen LogP contribution in [0.1, 0.15) is 77.6 Å². The van der Waals surface area contributed by atoms with E-state index in [1.54, 1.807) is 0 Å². The van der Waals surface area contributed by atoms with Crippen LogP contribution in [0.4, 0.5) is 0 Å². The van der Waals surface area contributed by atoms with Crippen molar-refractivity contribution in [1.29, 1.82) is 0 Å². The minimum absolute atomic E-state index is 0.0746. The molecule has 0 amide bonds. The van der Waals surface area contributed by atoms with Crippen LogP contribution in [0.3, 0.4) is 0 Å². The molecule has 0 saturated carbocycles. The Morgan fingerprint density at radius 3 is 1.11 bits per heavy atom. The lowest BCUT2D eigenvalue weighted by Crippen LogP contribution is -2.49. The number of nitrogens with two attached hydrogens (primary N) is 1. The van der Waals surface area contributed by atoms with Crippen molar-refractivity contribution in [1.82, 2.24) is 0 Å².